The lowest BCUT2D eigenvalue weighted by molar-refractivity contribution is 0.0995. The van der Waals surface area contributed by atoms with Crippen molar-refractivity contribution >= 4 is 28.9 Å². The van der Waals surface area contributed by atoms with Gasteiger partial charge in [-0.1, -0.05) is 48.5 Å². The molecule has 4 rings (SSSR count). The quantitative estimate of drug-likeness (QED) is 0.462. The van der Waals surface area contributed by atoms with Gasteiger partial charge in [-0.25, -0.2) is 0 Å². The largest absolute Gasteiger partial charge is 0.504 e. The maximum absolute atomic E-state index is 13.6. The zero-order valence-corrected chi connectivity index (χ0v) is 17.5. The number of nitrogens with one attached hydrogen (secondary N) is 1. The SMILES string of the molecule is O=C(Nc1ccccc1N(C(=O)c1ccccc1)c1ccc(O)c(=O)cc1)c1ccccc1. The lowest BCUT2D eigenvalue weighted by atomic mass is 10.1. The Hall–Kier alpha value is -4.71. The van der Waals surface area contributed by atoms with Crippen molar-refractivity contribution in [2.75, 3.05) is 10.2 Å². The summed E-state index contributed by atoms with van der Waals surface area (Å²) in [6.45, 7) is 0. The first kappa shape index (κ1) is 21.5. The van der Waals surface area contributed by atoms with Crippen LogP contribution >= 0.6 is 0 Å². The van der Waals surface area contributed by atoms with Gasteiger partial charge in [0.05, 0.1) is 11.4 Å². The Balaban J connectivity index is 1.83. The third kappa shape index (κ3) is 4.80. The van der Waals surface area contributed by atoms with Gasteiger partial charge in [0.15, 0.2) is 5.75 Å². The summed E-state index contributed by atoms with van der Waals surface area (Å²) in [5.74, 6) is -1.12. The minimum Gasteiger partial charge on any atom is -0.504 e. The van der Waals surface area contributed by atoms with Crippen LogP contribution in [-0.2, 0) is 0 Å². The number of benzene rings is 3. The van der Waals surface area contributed by atoms with E-state index in [4.69, 9.17) is 0 Å². The minimum absolute atomic E-state index is 0.326. The molecule has 6 nitrogen and oxygen atoms in total. The van der Waals surface area contributed by atoms with Crippen LogP contribution in [0.3, 0.4) is 0 Å². The Kier molecular flexibility index (Phi) is 6.27. The number of hydrogen-bond acceptors (Lipinski definition) is 4. The number of anilines is 3. The van der Waals surface area contributed by atoms with Gasteiger partial charge in [0.1, 0.15) is 0 Å². The van der Waals surface area contributed by atoms with Crippen molar-refractivity contribution in [2.45, 2.75) is 0 Å². The van der Waals surface area contributed by atoms with Crippen molar-refractivity contribution in [1.29, 1.82) is 0 Å². The minimum atomic E-state index is -0.570. The van der Waals surface area contributed by atoms with Crippen molar-refractivity contribution < 1.29 is 14.7 Å². The summed E-state index contributed by atoms with van der Waals surface area (Å²) in [6, 6.07) is 29.7. The van der Waals surface area contributed by atoms with Gasteiger partial charge in [-0.15, -0.1) is 0 Å². The van der Waals surface area contributed by atoms with Crippen LogP contribution in [0.4, 0.5) is 17.1 Å². The monoisotopic (exact) mass is 436 g/mol. The number of hydrogen-bond donors (Lipinski definition) is 2. The lowest BCUT2D eigenvalue weighted by Gasteiger charge is -2.25. The van der Waals surface area contributed by atoms with E-state index in [0.717, 1.165) is 0 Å². The molecule has 0 aliphatic carbocycles. The Morgan fingerprint density at radius 2 is 1.24 bits per heavy atom. The molecule has 33 heavy (non-hydrogen) atoms. The molecule has 0 aromatic heterocycles. The van der Waals surface area contributed by atoms with Crippen molar-refractivity contribution in [1.82, 2.24) is 0 Å². The van der Waals surface area contributed by atoms with Gasteiger partial charge < -0.3 is 10.4 Å². The predicted octanol–water partition coefficient (Wildman–Crippen LogP) is 4.98. The molecule has 0 aliphatic rings. The molecule has 0 radical (unpaired) electrons. The van der Waals surface area contributed by atoms with E-state index in [1.807, 2.05) is 6.07 Å². The van der Waals surface area contributed by atoms with Gasteiger partial charge in [-0.05, 0) is 60.7 Å². The number of nitrogens with zero attached hydrogens (tertiary/aromatic N) is 1. The molecule has 0 bridgehead atoms. The lowest BCUT2D eigenvalue weighted by Crippen LogP contribution is -2.27. The summed E-state index contributed by atoms with van der Waals surface area (Å²) in [4.78, 5) is 39.7. The van der Waals surface area contributed by atoms with Crippen LogP contribution in [-0.4, -0.2) is 16.9 Å². The Morgan fingerprint density at radius 1 is 0.667 bits per heavy atom. The second-order valence-electron chi connectivity index (χ2n) is 7.18. The van der Waals surface area contributed by atoms with Crippen molar-refractivity contribution in [3.05, 3.63) is 131 Å². The third-order valence-electron chi connectivity index (χ3n) is 4.98. The van der Waals surface area contributed by atoms with E-state index in [1.165, 1.54) is 29.2 Å². The molecule has 6 heteroatoms. The summed E-state index contributed by atoms with van der Waals surface area (Å²) < 4.78 is 0. The molecular formula is C27H20N2O4. The fourth-order valence-electron chi connectivity index (χ4n) is 3.33. The second-order valence-corrected chi connectivity index (χ2v) is 7.18. The highest BCUT2D eigenvalue weighted by Gasteiger charge is 2.23. The predicted molar refractivity (Wildman–Crippen MR) is 128 cm³/mol. The molecule has 0 fully saturated rings. The smallest absolute Gasteiger partial charge is 0.262 e. The van der Waals surface area contributed by atoms with Crippen LogP contribution in [0.25, 0.3) is 0 Å². The molecule has 2 N–H and O–H groups in total. The highest BCUT2D eigenvalue weighted by molar-refractivity contribution is 6.14. The van der Waals surface area contributed by atoms with Crippen LogP contribution in [0.1, 0.15) is 20.7 Å². The number of carbonyl (C=O) groups is 2. The van der Waals surface area contributed by atoms with E-state index in [-0.39, 0.29) is 11.8 Å². The number of para-hydroxylation sites is 2. The van der Waals surface area contributed by atoms with E-state index in [0.29, 0.717) is 28.2 Å². The van der Waals surface area contributed by atoms with Crippen LogP contribution in [0, 0.1) is 0 Å². The number of amides is 2. The molecule has 0 saturated carbocycles. The van der Waals surface area contributed by atoms with Crippen LogP contribution in [0.5, 0.6) is 5.75 Å². The van der Waals surface area contributed by atoms with Gasteiger partial charge in [0.25, 0.3) is 11.8 Å². The van der Waals surface area contributed by atoms with Gasteiger partial charge in [-0.3, -0.25) is 19.3 Å². The number of rotatable bonds is 5. The first-order valence-corrected chi connectivity index (χ1v) is 10.2. The summed E-state index contributed by atoms with van der Waals surface area (Å²) in [7, 11) is 0. The first-order valence-electron chi connectivity index (χ1n) is 10.2. The molecular weight excluding hydrogens is 416 g/mol. The van der Waals surface area contributed by atoms with Gasteiger partial charge in [0, 0.05) is 16.8 Å². The number of carbonyl (C=O) groups excluding carboxylic acids is 2. The van der Waals surface area contributed by atoms with E-state index >= 15 is 0 Å². The molecule has 0 heterocycles. The van der Waals surface area contributed by atoms with Gasteiger partial charge in [0.2, 0.25) is 5.43 Å². The van der Waals surface area contributed by atoms with E-state index in [9.17, 15) is 19.5 Å². The van der Waals surface area contributed by atoms with E-state index < -0.39 is 11.2 Å². The van der Waals surface area contributed by atoms with Crippen molar-refractivity contribution in [2.24, 2.45) is 0 Å². The standard InChI is InChI=1S/C27H20N2O4/c30-24-17-15-21(16-18-25(24)31)29(27(33)20-11-5-2-6-12-20)23-14-8-7-13-22(23)28-26(32)19-9-3-1-4-10-19/h1-18H,(H,28,32)(H,30,31). The molecule has 0 atom stereocenters. The van der Waals surface area contributed by atoms with Crippen LogP contribution in [0.2, 0.25) is 0 Å². The molecule has 0 spiro atoms. The molecule has 0 unspecified atom stereocenters. The molecule has 2 amide bonds. The van der Waals surface area contributed by atoms with Crippen molar-refractivity contribution in [3.8, 4) is 5.75 Å². The summed E-state index contributed by atoms with van der Waals surface area (Å²) in [5, 5.41) is 12.7. The maximum atomic E-state index is 13.6. The zero-order valence-electron chi connectivity index (χ0n) is 17.5. The molecule has 4 aromatic carbocycles. The Labute approximate surface area is 190 Å². The molecule has 0 aliphatic heterocycles. The summed E-state index contributed by atoms with van der Waals surface area (Å²) in [6.07, 6.45) is 0. The third-order valence-corrected chi connectivity index (χ3v) is 4.98. The fourth-order valence-corrected chi connectivity index (χ4v) is 3.33. The molecule has 4 aromatic rings. The molecule has 162 valence electrons. The normalized spacial score (nSPS) is 10.3. The Morgan fingerprint density at radius 3 is 1.94 bits per heavy atom. The van der Waals surface area contributed by atoms with E-state index in [1.54, 1.807) is 78.9 Å². The fraction of sp³-hybridized carbons (Fsp3) is 0. The average Bonchev–Trinajstić information content (AvgIpc) is 3.02. The van der Waals surface area contributed by atoms with Crippen LogP contribution < -0.4 is 15.6 Å². The van der Waals surface area contributed by atoms with E-state index in [2.05, 4.69) is 5.32 Å². The van der Waals surface area contributed by atoms with Gasteiger partial charge >= 0.3 is 0 Å². The van der Waals surface area contributed by atoms with Crippen LogP contribution in [0.15, 0.2) is 114 Å². The van der Waals surface area contributed by atoms with Gasteiger partial charge in [-0.2, -0.15) is 0 Å². The first-order chi connectivity index (χ1) is 16.0. The van der Waals surface area contributed by atoms with Crippen molar-refractivity contribution in [3.63, 3.8) is 0 Å². The molecule has 0 saturated heterocycles. The maximum Gasteiger partial charge on any atom is 0.262 e. The highest BCUT2D eigenvalue weighted by atomic mass is 16.3. The highest BCUT2D eigenvalue weighted by Crippen LogP contribution is 2.34. The number of aromatic hydroxyl groups is 1. The zero-order chi connectivity index (χ0) is 23.2. The summed E-state index contributed by atoms with van der Waals surface area (Å²) >= 11 is 0. The topological polar surface area (TPSA) is 86.7 Å². The average molecular weight is 436 g/mol. The second kappa shape index (κ2) is 9.62. The summed E-state index contributed by atoms with van der Waals surface area (Å²) in [5.41, 5.74) is 1.49. The Bertz CT molecular complexity index is 1360.